The second-order valence-corrected chi connectivity index (χ2v) is 8.11. The van der Waals surface area contributed by atoms with Crippen LogP contribution in [0.5, 0.6) is 11.5 Å². The first kappa shape index (κ1) is 23.8. The van der Waals surface area contributed by atoms with Crippen molar-refractivity contribution in [2.75, 3.05) is 19.5 Å². The molecule has 2 N–H and O–H groups in total. The third-order valence-corrected chi connectivity index (χ3v) is 5.75. The minimum Gasteiger partial charge on any atom is -0.497 e. The molecule has 0 spiro atoms. The number of anilines is 1. The molecule has 0 fully saturated rings. The van der Waals surface area contributed by atoms with E-state index in [2.05, 4.69) is 39.5 Å². The zero-order valence-electron chi connectivity index (χ0n) is 20.2. The number of aromatic nitrogens is 1. The molecule has 35 heavy (non-hydrogen) atoms. The Labute approximate surface area is 203 Å². The molecule has 0 radical (unpaired) electrons. The van der Waals surface area contributed by atoms with Crippen molar-refractivity contribution in [1.29, 1.82) is 0 Å². The first-order valence-electron chi connectivity index (χ1n) is 11.3. The summed E-state index contributed by atoms with van der Waals surface area (Å²) < 4.78 is 12.6. The fraction of sp³-hybridized carbons (Fsp3) is 0.222. The summed E-state index contributed by atoms with van der Waals surface area (Å²) in [4.78, 5) is 25.1. The van der Waals surface area contributed by atoms with Crippen LogP contribution in [0.2, 0.25) is 0 Å². The molecular weight excluding hydrogens is 444 g/mol. The molecule has 0 bridgehead atoms. The lowest BCUT2D eigenvalue weighted by Gasteiger charge is -2.08. The summed E-state index contributed by atoms with van der Waals surface area (Å²) in [6.07, 6.45) is 0.0382. The summed E-state index contributed by atoms with van der Waals surface area (Å²) in [5, 5.41) is 9.24. The van der Waals surface area contributed by atoms with Crippen LogP contribution in [-0.2, 0) is 11.3 Å². The quantitative estimate of drug-likeness (QED) is 0.280. The second kappa shape index (κ2) is 10.3. The molecule has 3 aromatic carbocycles. The van der Waals surface area contributed by atoms with Crippen LogP contribution >= 0.6 is 0 Å². The van der Waals surface area contributed by atoms with Crippen molar-refractivity contribution in [3.63, 3.8) is 0 Å². The average molecular weight is 473 g/mol. The maximum absolute atomic E-state index is 12.6. The number of methoxy groups -OCH3 is 2. The van der Waals surface area contributed by atoms with Gasteiger partial charge >= 0.3 is 0 Å². The van der Waals surface area contributed by atoms with Gasteiger partial charge in [-0.3, -0.25) is 9.59 Å². The van der Waals surface area contributed by atoms with Crippen molar-refractivity contribution in [1.82, 2.24) is 9.99 Å². The number of hydrazone groups is 1. The molecule has 8 heteroatoms. The number of benzene rings is 3. The van der Waals surface area contributed by atoms with Crippen molar-refractivity contribution in [3.05, 3.63) is 66.2 Å². The number of carbonyl (C=O) groups excluding carboxylic acids is 2. The number of ether oxygens (including phenoxy) is 2. The van der Waals surface area contributed by atoms with Gasteiger partial charge in [0.15, 0.2) is 0 Å². The van der Waals surface area contributed by atoms with Crippen LogP contribution in [0.1, 0.15) is 30.6 Å². The fourth-order valence-corrected chi connectivity index (χ4v) is 4.10. The van der Waals surface area contributed by atoms with Gasteiger partial charge in [0.05, 0.1) is 20.6 Å². The van der Waals surface area contributed by atoms with E-state index in [-0.39, 0.29) is 12.3 Å². The maximum atomic E-state index is 12.6. The number of amides is 2. The maximum Gasteiger partial charge on any atom is 0.271 e. The molecule has 1 heterocycles. The summed E-state index contributed by atoms with van der Waals surface area (Å²) in [5.41, 5.74) is 6.28. The van der Waals surface area contributed by atoms with Crippen molar-refractivity contribution < 1.29 is 19.1 Å². The van der Waals surface area contributed by atoms with Gasteiger partial charge in [0.2, 0.25) is 5.91 Å². The highest BCUT2D eigenvalue weighted by Crippen LogP contribution is 2.31. The van der Waals surface area contributed by atoms with E-state index in [0.717, 1.165) is 22.8 Å². The summed E-state index contributed by atoms with van der Waals surface area (Å²) >= 11 is 0. The van der Waals surface area contributed by atoms with Gasteiger partial charge in [-0.15, -0.1) is 0 Å². The molecule has 2 amide bonds. The average Bonchev–Trinajstić information content (AvgIpc) is 3.19. The second-order valence-electron chi connectivity index (χ2n) is 8.11. The molecule has 0 aliphatic carbocycles. The predicted molar refractivity (Wildman–Crippen MR) is 138 cm³/mol. The van der Waals surface area contributed by atoms with Crippen LogP contribution in [0.4, 0.5) is 5.69 Å². The Kier molecular flexibility index (Phi) is 7.01. The van der Waals surface area contributed by atoms with Crippen LogP contribution in [0.15, 0.2) is 65.8 Å². The molecule has 4 rings (SSSR count). The SMILES string of the molecule is CCn1c2ccccc2c2cc(NC(=O)C/C(C)=N/NC(=O)c3cc(OC)cc(OC)c3)ccc21. The van der Waals surface area contributed by atoms with Crippen LogP contribution in [0, 0.1) is 0 Å². The number of hydrogen-bond donors (Lipinski definition) is 2. The Morgan fingerprint density at radius 3 is 2.29 bits per heavy atom. The third kappa shape index (κ3) is 5.11. The van der Waals surface area contributed by atoms with E-state index >= 15 is 0 Å². The van der Waals surface area contributed by atoms with Gasteiger partial charge in [-0.2, -0.15) is 5.10 Å². The molecule has 1 aromatic heterocycles. The highest BCUT2D eigenvalue weighted by molar-refractivity contribution is 6.11. The molecule has 4 aromatic rings. The van der Waals surface area contributed by atoms with Gasteiger partial charge in [-0.25, -0.2) is 5.43 Å². The lowest BCUT2D eigenvalue weighted by Crippen LogP contribution is -2.21. The molecule has 0 unspecified atom stereocenters. The molecule has 0 saturated heterocycles. The number of carbonyl (C=O) groups is 2. The minimum absolute atomic E-state index is 0.0382. The van der Waals surface area contributed by atoms with E-state index in [1.165, 1.54) is 19.7 Å². The van der Waals surface area contributed by atoms with Gasteiger partial charge in [-0.1, -0.05) is 18.2 Å². The monoisotopic (exact) mass is 472 g/mol. The van der Waals surface area contributed by atoms with Gasteiger partial charge in [0.25, 0.3) is 5.91 Å². The topological polar surface area (TPSA) is 94.0 Å². The highest BCUT2D eigenvalue weighted by Gasteiger charge is 2.12. The van der Waals surface area contributed by atoms with Crippen molar-refractivity contribution >= 4 is 45.0 Å². The van der Waals surface area contributed by atoms with E-state index in [1.807, 2.05) is 30.3 Å². The lowest BCUT2D eigenvalue weighted by molar-refractivity contribution is -0.115. The van der Waals surface area contributed by atoms with E-state index in [1.54, 1.807) is 25.1 Å². The van der Waals surface area contributed by atoms with Crippen molar-refractivity contribution in [2.24, 2.45) is 5.10 Å². The normalized spacial score (nSPS) is 11.5. The number of nitrogens with one attached hydrogen (secondary N) is 2. The molecule has 8 nitrogen and oxygen atoms in total. The van der Waals surface area contributed by atoms with E-state index in [4.69, 9.17) is 9.47 Å². The van der Waals surface area contributed by atoms with Crippen LogP contribution in [0.25, 0.3) is 21.8 Å². The molecule has 180 valence electrons. The number of aryl methyl sites for hydroxylation is 1. The number of rotatable bonds is 8. The number of para-hydroxylation sites is 1. The van der Waals surface area contributed by atoms with Gasteiger partial charge < -0.3 is 19.4 Å². The number of hydrogen-bond acceptors (Lipinski definition) is 5. The Morgan fingerprint density at radius 2 is 1.60 bits per heavy atom. The largest absolute Gasteiger partial charge is 0.497 e. The first-order valence-corrected chi connectivity index (χ1v) is 11.3. The Bertz CT molecular complexity index is 1420. The van der Waals surface area contributed by atoms with Crippen molar-refractivity contribution in [3.8, 4) is 11.5 Å². The third-order valence-electron chi connectivity index (χ3n) is 5.75. The highest BCUT2D eigenvalue weighted by atomic mass is 16.5. The molecule has 0 saturated carbocycles. The number of nitrogens with zero attached hydrogens (tertiary/aromatic N) is 2. The van der Waals surface area contributed by atoms with E-state index in [0.29, 0.717) is 28.5 Å². The van der Waals surface area contributed by atoms with Gasteiger partial charge in [0.1, 0.15) is 11.5 Å². The van der Waals surface area contributed by atoms with Crippen LogP contribution in [-0.4, -0.2) is 36.3 Å². The van der Waals surface area contributed by atoms with Gasteiger partial charge in [0, 0.05) is 51.4 Å². The molecule has 0 aliphatic rings. The smallest absolute Gasteiger partial charge is 0.271 e. The molecular formula is C27H28N4O4. The van der Waals surface area contributed by atoms with E-state index in [9.17, 15) is 9.59 Å². The van der Waals surface area contributed by atoms with E-state index < -0.39 is 5.91 Å². The van der Waals surface area contributed by atoms with Crippen LogP contribution < -0.4 is 20.2 Å². The van der Waals surface area contributed by atoms with Crippen molar-refractivity contribution in [2.45, 2.75) is 26.8 Å². The summed E-state index contributed by atoms with van der Waals surface area (Å²) in [5.74, 6) is 0.337. The fourth-order valence-electron chi connectivity index (χ4n) is 4.10. The Morgan fingerprint density at radius 1 is 0.914 bits per heavy atom. The van der Waals surface area contributed by atoms with Gasteiger partial charge in [-0.05, 0) is 50.2 Å². The Balaban J connectivity index is 1.43. The standard InChI is InChI=1S/C27H28N4O4/c1-5-31-24-9-7-6-8-22(24)23-15-19(10-11-25(23)31)28-26(32)12-17(2)29-30-27(33)18-13-20(34-3)16-21(14-18)35-4/h6-11,13-16H,5,12H2,1-4H3,(H,28,32)(H,30,33)/b29-17+. The summed E-state index contributed by atoms with van der Waals surface area (Å²) in [6, 6.07) is 19.0. The first-order chi connectivity index (χ1) is 16.9. The molecule has 0 aliphatic heterocycles. The Hall–Kier alpha value is -4.33. The zero-order valence-corrected chi connectivity index (χ0v) is 20.2. The summed E-state index contributed by atoms with van der Waals surface area (Å²) in [6.45, 7) is 4.66. The van der Waals surface area contributed by atoms with Crippen LogP contribution in [0.3, 0.4) is 0 Å². The predicted octanol–water partition coefficient (Wildman–Crippen LogP) is 4.97. The molecule has 0 atom stereocenters. The lowest BCUT2D eigenvalue weighted by atomic mass is 10.1. The number of fused-ring (bicyclic) bond motifs is 3. The zero-order chi connectivity index (χ0) is 24.9. The summed E-state index contributed by atoms with van der Waals surface area (Å²) in [7, 11) is 3.02. The minimum atomic E-state index is -0.431.